The first-order chi connectivity index (χ1) is 16.6. The molecule has 1 saturated heterocycles. The van der Waals surface area contributed by atoms with E-state index >= 15 is 0 Å². The fraction of sp³-hybridized carbons (Fsp3) is 0.273. The van der Waals surface area contributed by atoms with E-state index < -0.39 is 11.6 Å². The molecule has 9 nitrogen and oxygen atoms in total. The number of hydrogen-bond donors (Lipinski definition) is 2. The average Bonchev–Trinajstić information content (AvgIpc) is 3.60. The van der Waals surface area contributed by atoms with Gasteiger partial charge in [0.2, 0.25) is 5.95 Å². The summed E-state index contributed by atoms with van der Waals surface area (Å²) in [5.74, 6) is -0.245. The number of benzene rings is 1. The molecule has 0 atom stereocenters. The number of fused-ring (bicyclic) bond motifs is 2. The summed E-state index contributed by atoms with van der Waals surface area (Å²) in [6.45, 7) is 3.73. The lowest BCUT2D eigenvalue weighted by atomic mass is 10.3. The van der Waals surface area contributed by atoms with Gasteiger partial charge in [-0.1, -0.05) is 0 Å². The molecule has 34 heavy (non-hydrogen) atoms. The van der Waals surface area contributed by atoms with Crippen LogP contribution in [0.3, 0.4) is 0 Å². The van der Waals surface area contributed by atoms with Gasteiger partial charge in [0.25, 0.3) is 0 Å². The second-order valence-corrected chi connectivity index (χ2v) is 9.01. The molecule has 0 saturated carbocycles. The lowest BCUT2D eigenvalue weighted by Crippen LogP contribution is -2.45. The molecule has 5 aromatic rings. The van der Waals surface area contributed by atoms with E-state index in [1.807, 2.05) is 21.4 Å². The summed E-state index contributed by atoms with van der Waals surface area (Å²) < 4.78 is 29.6. The molecule has 4 aromatic heterocycles. The SMILES string of the molecule is CN1CCN(c2nc(NCc3nc4c(F)c(F)ccc4[nH]3)c3ncn(-c4ccsc4)c3n2)CC1. The van der Waals surface area contributed by atoms with Crippen molar-refractivity contribution in [2.24, 2.45) is 0 Å². The summed E-state index contributed by atoms with van der Waals surface area (Å²) >= 11 is 1.60. The first kappa shape index (κ1) is 20.9. The van der Waals surface area contributed by atoms with Crippen LogP contribution in [-0.2, 0) is 6.54 Å². The first-order valence-corrected chi connectivity index (χ1v) is 11.8. The summed E-state index contributed by atoms with van der Waals surface area (Å²) in [4.78, 5) is 25.9. The molecular formula is C22H21F2N9S. The Bertz CT molecular complexity index is 1470. The third-order valence-corrected chi connectivity index (χ3v) is 6.64. The summed E-state index contributed by atoms with van der Waals surface area (Å²) in [5.41, 5.74) is 2.71. The van der Waals surface area contributed by atoms with Gasteiger partial charge in [0.1, 0.15) is 17.7 Å². The minimum atomic E-state index is -0.962. The fourth-order valence-electron chi connectivity index (χ4n) is 4.06. The molecule has 0 spiro atoms. The number of rotatable bonds is 5. The van der Waals surface area contributed by atoms with Gasteiger partial charge in [0.05, 0.1) is 17.7 Å². The molecule has 5 heterocycles. The van der Waals surface area contributed by atoms with Crippen LogP contribution in [0.5, 0.6) is 0 Å². The van der Waals surface area contributed by atoms with Crippen molar-refractivity contribution in [2.45, 2.75) is 6.54 Å². The van der Waals surface area contributed by atoms with Gasteiger partial charge < -0.3 is 20.1 Å². The molecule has 0 bridgehead atoms. The Morgan fingerprint density at radius 1 is 1.06 bits per heavy atom. The maximum Gasteiger partial charge on any atom is 0.229 e. The van der Waals surface area contributed by atoms with Crippen molar-refractivity contribution in [3.05, 3.63) is 52.7 Å². The number of aromatic amines is 1. The van der Waals surface area contributed by atoms with Crippen molar-refractivity contribution in [1.82, 2.24) is 34.4 Å². The number of thiophene rings is 1. The number of piperazine rings is 1. The molecule has 1 aromatic carbocycles. The maximum absolute atomic E-state index is 14.1. The number of hydrogen-bond acceptors (Lipinski definition) is 8. The van der Waals surface area contributed by atoms with Gasteiger partial charge in [-0.05, 0) is 30.6 Å². The quantitative estimate of drug-likeness (QED) is 0.398. The Morgan fingerprint density at radius 3 is 2.71 bits per heavy atom. The van der Waals surface area contributed by atoms with E-state index in [9.17, 15) is 8.78 Å². The predicted molar refractivity (Wildman–Crippen MR) is 128 cm³/mol. The topological polar surface area (TPSA) is 90.8 Å². The highest BCUT2D eigenvalue weighted by atomic mass is 32.1. The van der Waals surface area contributed by atoms with Gasteiger partial charge in [-0.3, -0.25) is 4.57 Å². The van der Waals surface area contributed by atoms with Crippen LogP contribution in [0.1, 0.15) is 5.82 Å². The van der Waals surface area contributed by atoms with Gasteiger partial charge >= 0.3 is 0 Å². The van der Waals surface area contributed by atoms with E-state index in [1.54, 1.807) is 17.7 Å². The minimum absolute atomic E-state index is 0.0236. The lowest BCUT2D eigenvalue weighted by Gasteiger charge is -2.32. The molecule has 0 amide bonds. The van der Waals surface area contributed by atoms with E-state index in [2.05, 4.69) is 37.1 Å². The van der Waals surface area contributed by atoms with Crippen molar-refractivity contribution in [3.63, 3.8) is 0 Å². The van der Waals surface area contributed by atoms with Crippen molar-refractivity contribution < 1.29 is 8.78 Å². The largest absolute Gasteiger partial charge is 0.361 e. The molecule has 12 heteroatoms. The molecular weight excluding hydrogens is 460 g/mol. The summed E-state index contributed by atoms with van der Waals surface area (Å²) in [6.07, 6.45) is 1.74. The Kier molecular flexibility index (Phi) is 5.11. The number of likely N-dealkylation sites (N-methyl/N-ethyl adjacent to an activating group) is 1. The second-order valence-electron chi connectivity index (χ2n) is 8.23. The van der Waals surface area contributed by atoms with Crippen LogP contribution in [0, 0.1) is 11.6 Å². The molecule has 1 aliphatic rings. The third kappa shape index (κ3) is 3.64. The van der Waals surface area contributed by atoms with Crippen LogP contribution in [0.25, 0.3) is 27.9 Å². The van der Waals surface area contributed by atoms with E-state index in [4.69, 9.17) is 9.97 Å². The number of anilines is 2. The lowest BCUT2D eigenvalue weighted by molar-refractivity contribution is 0.311. The molecule has 1 fully saturated rings. The van der Waals surface area contributed by atoms with Crippen molar-refractivity contribution >= 4 is 45.3 Å². The van der Waals surface area contributed by atoms with Gasteiger partial charge in [-0.15, -0.1) is 0 Å². The highest BCUT2D eigenvalue weighted by Crippen LogP contribution is 2.27. The maximum atomic E-state index is 14.1. The molecule has 0 unspecified atom stereocenters. The van der Waals surface area contributed by atoms with E-state index in [0.717, 1.165) is 37.9 Å². The fourth-order valence-corrected chi connectivity index (χ4v) is 4.69. The van der Waals surface area contributed by atoms with Crippen LogP contribution >= 0.6 is 11.3 Å². The zero-order valence-corrected chi connectivity index (χ0v) is 19.1. The Labute approximate surface area is 197 Å². The van der Waals surface area contributed by atoms with E-state index in [-0.39, 0.29) is 12.1 Å². The molecule has 6 rings (SSSR count). The standard InChI is InChI=1S/C22H21F2N9S/c1-31-5-7-32(8-6-31)22-29-20(19-21(30-22)33(12-26-19)13-4-9-34-11-13)25-10-16-27-15-3-2-14(23)17(24)18(15)28-16/h2-4,9,11-12H,5-8,10H2,1H3,(H,27,28)(H,25,29,30). The Balaban J connectivity index is 1.37. The summed E-state index contributed by atoms with van der Waals surface area (Å²) in [7, 11) is 2.10. The molecule has 0 radical (unpaired) electrons. The van der Waals surface area contributed by atoms with Crippen molar-refractivity contribution in [1.29, 1.82) is 0 Å². The monoisotopic (exact) mass is 481 g/mol. The van der Waals surface area contributed by atoms with Crippen LogP contribution in [0.4, 0.5) is 20.5 Å². The zero-order valence-electron chi connectivity index (χ0n) is 18.3. The highest BCUT2D eigenvalue weighted by molar-refractivity contribution is 7.08. The molecule has 2 N–H and O–H groups in total. The number of imidazole rings is 2. The smallest absolute Gasteiger partial charge is 0.229 e. The summed E-state index contributed by atoms with van der Waals surface area (Å²) in [6, 6.07) is 4.57. The van der Waals surface area contributed by atoms with Crippen molar-refractivity contribution in [2.75, 3.05) is 43.4 Å². The number of nitrogens with zero attached hydrogens (tertiary/aromatic N) is 7. The molecule has 174 valence electrons. The molecule has 1 aliphatic heterocycles. The zero-order chi connectivity index (χ0) is 23.2. The van der Waals surface area contributed by atoms with Gasteiger partial charge in [-0.2, -0.15) is 21.3 Å². The number of nitrogens with one attached hydrogen (secondary N) is 2. The average molecular weight is 482 g/mol. The van der Waals surface area contributed by atoms with Crippen LogP contribution in [0.15, 0.2) is 35.3 Å². The third-order valence-electron chi connectivity index (χ3n) is 5.97. The van der Waals surface area contributed by atoms with Crippen LogP contribution < -0.4 is 10.2 Å². The second kappa shape index (κ2) is 8.29. The number of halogens is 2. The number of H-pyrrole nitrogens is 1. The molecule has 0 aliphatic carbocycles. The highest BCUT2D eigenvalue weighted by Gasteiger charge is 2.21. The Hall–Kier alpha value is -3.64. The Morgan fingerprint density at radius 2 is 1.91 bits per heavy atom. The van der Waals surface area contributed by atoms with Gasteiger partial charge in [0.15, 0.2) is 28.6 Å². The van der Waals surface area contributed by atoms with Crippen molar-refractivity contribution in [3.8, 4) is 5.69 Å². The minimum Gasteiger partial charge on any atom is -0.361 e. The summed E-state index contributed by atoms with van der Waals surface area (Å²) in [5, 5.41) is 7.32. The van der Waals surface area contributed by atoms with Crippen LogP contribution in [0.2, 0.25) is 0 Å². The first-order valence-electron chi connectivity index (χ1n) is 10.8. The van der Waals surface area contributed by atoms with E-state index in [0.29, 0.717) is 34.3 Å². The van der Waals surface area contributed by atoms with Crippen LogP contribution in [-0.4, -0.2) is 67.6 Å². The van der Waals surface area contributed by atoms with Gasteiger partial charge in [0, 0.05) is 31.6 Å². The normalized spacial score (nSPS) is 15.0. The number of aromatic nitrogens is 6. The van der Waals surface area contributed by atoms with E-state index in [1.165, 1.54) is 6.07 Å². The van der Waals surface area contributed by atoms with Gasteiger partial charge in [-0.25, -0.2) is 18.7 Å². The predicted octanol–water partition coefficient (Wildman–Crippen LogP) is 3.40.